The van der Waals surface area contributed by atoms with E-state index < -0.39 is 17.1 Å². The first-order chi connectivity index (χ1) is 25.1. The molecule has 9 heteroatoms. The van der Waals surface area contributed by atoms with Gasteiger partial charge >= 0.3 is 6.03 Å². The number of fused-ring (bicyclic) bond motifs is 2. The summed E-state index contributed by atoms with van der Waals surface area (Å²) in [6.45, 7) is 1.94. The van der Waals surface area contributed by atoms with Crippen molar-refractivity contribution in [2.45, 2.75) is 43.7 Å². The fourth-order valence-corrected chi connectivity index (χ4v) is 7.59. The molecule has 9 nitrogen and oxygen atoms in total. The fourth-order valence-electron chi connectivity index (χ4n) is 7.59. The molecule has 5 aromatic carbocycles. The average molecular weight is 689 g/mol. The lowest BCUT2D eigenvalue weighted by Gasteiger charge is -2.23. The second kappa shape index (κ2) is 12.5. The first-order valence-electron chi connectivity index (χ1n) is 17.6. The summed E-state index contributed by atoms with van der Waals surface area (Å²) in [7, 11) is 3.79. The van der Waals surface area contributed by atoms with Gasteiger partial charge in [-0.3, -0.25) is 9.59 Å². The predicted molar refractivity (Wildman–Crippen MR) is 207 cm³/mol. The molecule has 8 rings (SSSR count). The predicted octanol–water partition coefficient (Wildman–Crippen LogP) is 7.76. The lowest BCUT2D eigenvalue weighted by Crippen LogP contribution is -2.35. The van der Waals surface area contributed by atoms with Gasteiger partial charge in [-0.1, -0.05) is 84.9 Å². The van der Waals surface area contributed by atoms with Crippen LogP contribution < -0.4 is 26.6 Å². The molecule has 0 saturated heterocycles. The third-order valence-corrected chi connectivity index (χ3v) is 10.6. The van der Waals surface area contributed by atoms with Gasteiger partial charge in [0, 0.05) is 25.3 Å². The molecule has 1 heterocycles. The standard InChI is InChI=1S/C43H40N6O3/c1-26-33(24-28(45-41(44)52)25-34(26)39(50)47-42(20-21-42)35-16-6-11-27-10-4-5-12-29(27)35)31-13-7-15-32-30(31)14-8-17-36(32)43(22-23-43)48-40(51)37-18-9-19-38(46-37)49(2)3/h4-19,24-25H,20-23H2,1-3H3,(H,47,50)(H,48,51)(H3,44,45,52). The Labute approximate surface area is 302 Å². The summed E-state index contributed by atoms with van der Waals surface area (Å²) in [5, 5.41) is 13.6. The molecular weight excluding hydrogens is 649 g/mol. The van der Waals surface area contributed by atoms with Gasteiger partial charge in [0.05, 0.1) is 11.1 Å². The minimum Gasteiger partial charge on any atom is -0.363 e. The first-order valence-corrected chi connectivity index (χ1v) is 17.6. The monoisotopic (exact) mass is 688 g/mol. The molecule has 0 unspecified atom stereocenters. The Balaban J connectivity index is 1.17. The summed E-state index contributed by atoms with van der Waals surface area (Å²) < 4.78 is 0. The molecule has 0 radical (unpaired) electrons. The smallest absolute Gasteiger partial charge is 0.316 e. The second-order valence-electron chi connectivity index (χ2n) is 14.3. The molecule has 1 aromatic heterocycles. The van der Waals surface area contributed by atoms with Crippen molar-refractivity contribution < 1.29 is 14.4 Å². The van der Waals surface area contributed by atoms with Crippen LogP contribution in [-0.2, 0) is 11.1 Å². The van der Waals surface area contributed by atoms with Crippen molar-refractivity contribution in [2.24, 2.45) is 5.73 Å². The zero-order chi connectivity index (χ0) is 36.2. The number of urea groups is 1. The quantitative estimate of drug-likeness (QED) is 0.123. The number of benzene rings is 5. The number of primary amides is 1. The molecule has 2 aliphatic rings. The van der Waals surface area contributed by atoms with Crippen molar-refractivity contribution in [1.29, 1.82) is 0 Å². The number of rotatable bonds is 9. The van der Waals surface area contributed by atoms with E-state index in [1.807, 2.05) is 80.5 Å². The minimum atomic E-state index is -0.715. The lowest BCUT2D eigenvalue weighted by molar-refractivity contribution is 0.0919. The normalized spacial score (nSPS) is 15.1. The van der Waals surface area contributed by atoms with Crippen LogP contribution in [0.2, 0.25) is 0 Å². The Morgan fingerprint density at radius 3 is 1.98 bits per heavy atom. The third-order valence-electron chi connectivity index (χ3n) is 10.6. The van der Waals surface area contributed by atoms with Crippen molar-refractivity contribution in [3.05, 3.63) is 137 Å². The number of pyridine rings is 1. The number of nitrogens with two attached hydrogens (primary N) is 1. The van der Waals surface area contributed by atoms with Gasteiger partial charge in [0.1, 0.15) is 11.5 Å². The molecule has 2 saturated carbocycles. The number of hydrogen-bond donors (Lipinski definition) is 4. The van der Waals surface area contributed by atoms with Gasteiger partial charge in [0.2, 0.25) is 0 Å². The van der Waals surface area contributed by atoms with E-state index >= 15 is 0 Å². The molecule has 5 N–H and O–H groups in total. The highest BCUT2D eigenvalue weighted by Gasteiger charge is 2.48. The number of aromatic nitrogens is 1. The Hall–Kier alpha value is -6.22. The van der Waals surface area contributed by atoms with Gasteiger partial charge in [-0.15, -0.1) is 0 Å². The van der Waals surface area contributed by atoms with Crippen LogP contribution in [0.1, 0.15) is 63.2 Å². The number of carbonyl (C=O) groups is 3. The molecule has 2 fully saturated rings. The average Bonchev–Trinajstić information content (AvgIpc) is 4.09. The van der Waals surface area contributed by atoms with E-state index in [1.54, 1.807) is 12.1 Å². The van der Waals surface area contributed by atoms with E-state index in [9.17, 15) is 14.4 Å². The molecule has 52 heavy (non-hydrogen) atoms. The Morgan fingerprint density at radius 1 is 0.673 bits per heavy atom. The highest BCUT2D eigenvalue weighted by molar-refractivity contribution is 6.05. The zero-order valence-electron chi connectivity index (χ0n) is 29.4. The van der Waals surface area contributed by atoms with Gasteiger partial charge in [0.15, 0.2) is 0 Å². The molecular formula is C43H40N6O3. The van der Waals surface area contributed by atoms with E-state index in [2.05, 4.69) is 63.4 Å². The SMILES string of the molecule is Cc1c(C(=O)NC2(c3cccc4ccccc34)CC2)cc(NC(N)=O)cc1-c1cccc2c(C3(NC(=O)c4cccc(N(C)C)n4)CC3)cccc12. The molecule has 4 amide bonds. The van der Waals surface area contributed by atoms with Crippen LogP contribution in [0.25, 0.3) is 32.7 Å². The number of hydrogen-bond acceptors (Lipinski definition) is 5. The van der Waals surface area contributed by atoms with Crippen LogP contribution >= 0.6 is 0 Å². The Kier molecular flexibility index (Phi) is 7.94. The van der Waals surface area contributed by atoms with Crippen LogP contribution in [-0.4, -0.2) is 36.9 Å². The highest BCUT2D eigenvalue weighted by Crippen LogP contribution is 2.50. The summed E-state index contributed by atoms with van der Waals surface area (Å²) in [5.41, 5.74) is 10.5. The maximum absolute atomic E-state index is 14.3. The van der Waals surface area contributed by atoms with E-state index in [-0.39, 0.29) is 11.8 Å². The molecule has 260 valence electrons. The van der Waals surface area contributed by atoms with Crippen molar-refractivity contribution in [3.63, 3.8) is 0 Å². The Bertz CT molecular complexity index is 2420. The van der Waals surface area contributed by atoms with E-state index in [4.69, 9.17) is 5.73 Å². The highest BCUT2D eigenvalue weighted by atomic mass is 16.2. The number of nitrogens with zero attached hydrogens (tertiary/aromatic N) is 2. The largest absolute Gasteiger partial charge is 0.363 e. The maximum Gasteiger partial charge on any atom is 0.316 e. The van der Waals surface area contributed by atoms with Crippen LogP contribution in [0.5, 0.6) is 0 Å². The molecule has 0 aliphatic heterocycles. The van der Waals surface area contributed by atoms with Crippen molar-refractivity contribution in [1.82, 2.24) is 15.6 Å². The Morgan fingerprint density at radius 2 is 1.27 bits per heavy atom. The van der Waals surface area contributed by atoms with Crippen molar-refractivity contribution in [3.8, 4) is 11.1 Å². The number of anilines is 2. The summed E-state index contributed by atoms with van der Waals surface area (Å²) in [5.74, 6) is 0.275. The van der Waals surface area contributed by atoms with Crippen molar-refractivity contribution >= 4 is 50.9 Å². The molecule has 6 aromatic rings. The van der Waals surface area contributed by atoms with Gasteiger partial charge in [-0.05, 0) is 106 Å². The third kappa shape index (κ3) is 5.88. The van der Waals surface area contributed by atoms with Crippen molar-refractivity contribution in [2.75, 3.05) is 24.3 Å². The number of nitrogens with one attached hydrogen (secondary N) is 3. The summed E-state index contributed by atoms with van der Waals surface area (Å²) in [4.78, 5) is 46.4. The second-order valence-corrected chi connectivity index (χ2v) is 14.3. The van der Waals surface area contributed by atoms with E-state index in [1.165, 1.54) is 0 Å². The van der Waals surface area contributed by atoms with E-state index in [0.717, 1.165) is 75.0 Å². The summed E-state index contributed by atoms with van der Waals surface area (Å²) >= 11 is 0. The van der Waals surface area contributed by atoms with Crippen LogP contribution in [0.3, 0.4) is 0 Å². The molecule has 0 bridgehead atoms. The topological polar surface area (TPSA) is 129 Å². The van der Waals surface area contributed by atoms with Gasteiger partial charge in [-0.25, -0.2) is 9.78 Å². The first kappa shape index (κ1) is 33.0. The minimum absolute atomic E-state index is 0.218. The zero-order valence-corrected chi connectivity index (χ0v) is 29.4. The van der Waals surface area contributed by atoms with E-state index in [0.29, 0.717) is 22.8 Å². The van der Waals surface area contributed by atoms with Gasteiger partial charge < -0.3 is 26.6 Å². The molecule has 2 aliphatic carbocycles. The number of amides is 4. The van der Waals surface area contributed by atoms with Crippen LogP contribution in [0, 0.1) is 6.92 Å². The van der Waals surface area contributed by atoms with Gasteiger partial charge in [-0.2, -0.15) is 0 Å². The maximum atomic E-state index is 14.3. The molecule has 0 atom stereocenters. The number of carbonyl (C=O) groups excluding carboxylic acids is 3. The van der Waals surface area contributed by atoms with Crippen LogP contribution in [0.15, 0.2) is 109 Å². The van der Waals surface area contributed by atoms with Gasteiger partial charge in [0.25, 0.3) is 11.8 Å². The van der Waals surface area contributed by atoms with Crippen LogP contribution in [0.4, 0.5) is 16.3 Å². The summed E-state index contributed by atoms with van der Waals surface area (Å²) in [6.07, 6.45) is 3.27. The lowest BCUT2D eigenvalue weighted by atomic mass is 9.88. The molecule has 0 spiro atoms. The summed E-state index contributed by atoms with van der Waals surface area (Å²) in [6, 6.07) is 35.0. The fraction of sp³-hybridized carbons (Fsp3) is 0.209.